The van der Waals surface area contributed by atoms with Gasteiger partial charge in [-0.2, -0.15) is 5.10 Å². The summed E-state index contributed by atoms with van der Waals surface area (Å²) >= 11 is 0. The van der Waals surface area contributed by atoms with E-state index < -0.39 is 0 Å². The molecule has 0 unspecified atom stereocenters. The molecule has 0 bridgehead atoms. The molecule has 2 atom stereocenters. The number of aromatic nitrogens is 2. The van der Waals surface area contributed by atoms with Crippen LogP contribution in [-0.4, -0.2) is 71.0 Å². The number of carbonyl (C=O) groups excluding carboxylic acids is 1. The molecule has 1 aliphatic heterocycles. The number of nitrogens with zero attached hydrogens (tertiary/aromatic N) is 4. The van der Waals surface area contributed by atoms with Gasteiger partial charge in [0.25, 0.3) is 0 Å². The number of ether oxygens (including phenoxy) is 1. The predicted octanol–water partition coefficient (Wildman–Crippen LogP) is 1.29. The lowest BCUT2D eigenvalue weighted by Crippen LogP contribution is -2.49. The van der Waals surface area contributed by atoms with Crippen molar-refractivity contribution in [2.45, 2.75) is 46.4 Å². The van der Waals surface area contributed by atoms with Crippen molar-refractivity contribution in [1.29, 1.82) is 0 Å². The minimum atomic E-state index is -0.0491. The minimum Gasteiger partial charge on any atom is -0.373 e. The zero-order chi connectivity index (χ0) is 17.9. The molecule has 2 rings (SSSR count). The molecule has 2 amide bonds. The molecule has 2 heterocycles. The third-order valence-electron chi connectivity index (χ3n) is 4.67. The van der Waals surface area contributed by atoms with Crippen LogP contribution in [-0.2, 0) is 18.3 Å². The normalized spacial score (nSPS) is 21.8. The Bertz CT molecular complexity index is 562. The Morgan fingerprint density at radius 2 is 1.96 bits per heavy atom. The Hall–Kier alpha value is -1.60. The van der Waals surface area contributed by atoms with Crippen LogP contribution in [0, 0.1) is 13.8 Å². The smallest absolute Gasteiger partial charge is 0.317 e. The van der Waals surface area contributed by atoms with Gasteiger partial charge < -0.3 is 15.0 Å². The summed E-state index contributed by atoms with van der Waals surface area (Å²) in [5.41, 5.74) is 3.15. The molecule has 0 radical (unpaired) electrons. The van der Waals surface area contributed by atoms with E-state index in [1.807, 2.05) is 32.6 Å². The lowest BCUT2D eigenvalue weighted by Gasteiger charge is -2.36. The quantitative estimate of drug-likeness (QED) is 0.879. The molecule has 1 aliphatic rings. The summed E-state index contributed by atoms with van der Waals surface area (Å²) in [4.78, 5) is 16.4. The first-order chi connectivity index (χ1) is 11.3. The van der Waals surface area contributed by atoms with Gasteiger partial charge in [-0.25, -0.2) is 4.79 Å². The van der Waals surface area contributed by atoms with E-state index in [9.17, 15) is 4.79 Å². The van der Waals surface area contributed by atoms with Crippen molar-refractivity contribution >= 4 is 6.03 Å². The van der Waals surface area contributed by atoms with E-state index in [0.29, 0.717) is 13.1 Å². The predicted molar refractivity (Wildman–Crippen MR) is 94.0 cm³/mol. The standard InChI is InChI=1S/C17H31N5O2/c1-12-10-22(11-13(2)24-12)8-7-20(5)17(23)18-9-16-14(3)19-21(6)15(16)4/h12-13H,7-11H2,1-6H3,(H,18,23)/t12-,13+. The number of urea groups is 1. The summed E-state index contributed by atoms with van der Waals surface area (Å²) in [7, 11) is 3.76. The van der Waals surface area contributed by atoms with E-state index in [1.54, 1.807) is 4.90 Å². The average molecular weight is 337 g/mol. The summed E-state index contributed by atoms with van der Waals surface area (Å²) in [6, 6.07) is -0.0491. The van der Waals surface area contributed by atoms with E-state index in [-0.39, 0.29) is 18.2 Å². The fourth-order valence-electron chi connectivity index (χ4n) is 3.23. The minimum absolute atomic E-state index is 0.0491. The van der Waals surface area contributed by atoms with E-state index in [1.165, 1.54) is 0 Å². The molecule has 7 nitrogen and oxygen atoms in total. The molecule has 7 heteroatoms. The lowest BCUT2D eigenvalue weighted by molar-refractivity contribution is -0.0684. The Morgan fingerprint density at radius 1 is 1.33 bits per heavy atom. The fourth-order valence-corrected chi connectivity index (χ4v) is 3.23. The van der Waals surface area contributed by atoms with Crippen LogP contribution in [0.3, 0.4) is 0 Å². The summed E-state index contributed by atoms with van der Waals surface area (Å²) < 4.78 is 7.59. The first-order valence-corrected chi connectivity index (χ1v) is 8.63. The van der Waals surface area contributed by atoms with Crippen molar-refractivity contribution in [2.75, 3.05) is 33.2 Å². The van der Waals surface area contributed by atoms with Crippen molar-refractivity contribution in [3.63, 3.8) is 0 Å². The van der Waals surface area contributed by atoms with Crippen LogP contribution >= 0.6 is 0 Å². The molecule has 1 fully saturated rings. The summed E-state index contributed by atoms with van der Waals surface area (Å²) in [5.74, 6) is 0. The molecular weight excluding hydrogens is 306 g/mol. The zero-order valence-corrected chi connectivity index (χ0v) is 15.8. The third kappa shape index (κ3) is 4.70. The Kier molecular flexibility index (Phi) is 6.23. The van der Waals surface area contributed by atoms with Crippen LogP contribution in [0.25, 0.3) is 0 Å². The lowest BCUT2D eigenvalue weighted by atomic mass is 10.2. The fraction of sp³-hybridized carbons (Fsp3) is 0.765. The van der Waals surface area contributed by atoms with Crippen LogP contribution < -0.4 is 5.32 Å². The number of morpholine rings is 1. The molecule has 136 valence electrons. The molecule has 0 saturated carbocycles. The van der Waals surface area contributed by atoms with Crippen molar-refractivity contribution in [3.8, 4) is 0 Å². The molecule has 1 aromatic heterocycles. The highest BCUT2D eigenvalue weighted by Gasteiger charge is 2.22. The van der Waals surface area contributed by atoms with Gasteiger partial charge in [-0.15, -0.1) is 0 Å². The molecule has 0 aliphatic carbocycles. The molecule has 0 aromatic carbocycles. The van der Waals surface area contributed by atoms with Crippen LogP contribution in [0.2, 0.25) is 0 Å². The number of carbonyl (C=O) groups is 1. The molecular formula is C17H31N5O2. The Labute approximate surface area is 144 Å². The SMILES string of the molecule is Cc1nn(C)c(C)c1CNC(=O)N(C)CCN1C[C@@H](C)O[C@@H](C)C1. The highest BCUT2D eigenvalue weighted by Crippen LogP contribution is 2.12. The first kappa shape index (κ1) is 18.7. The number of hydrogen-bond donors (Lipinski definition) is 1. The third-order valence-corrected chi connectivity index (χ3v) is 4.67. The monoisotopic (exact) mass is 337 g/mol. The van der Waals surface area contributed by atoms with Gasteiger partial charge in [0.2, 0.25) is 0 Å². The molecule has 1 aromatic rings. The van der Waals surface area contributed by atoms with Crippen molar-refractivity contribution in [1.82, 2.24) is 24.9 Å². The maximum Gasteiger partial charge on any atom is 0.317 e. The van der Waals surface area contributed by atoms with Crippen molar-refractivity contribution in [3.05, 3.63) is 17.0 Å². The van der Waals surface area contributed by atoms with Crippen molar-refractivity contribution in [2.24, 2.45) is 7.05 Å². The van der Waals surface area contributed by atoms with Gasteiger partial charge in [0.15, 0.2) is 0 Å². The maximum absolute atomic E-state index is 12.3. The zero-order valence-electron chi connectivity index (χ0n) is 15.8. The largest absolute Gasteiger partial charge is 0.373 e. The van der Waals surface area contributed by atoms with E-state index in [2.05, 4.69) is 29.2 Å². The summed E-state index contributed by atoms with van der Waals surface area (Å²) in [6.07, 6.45) is 0.508. The van der Waals surface area contributed by atoms with E-state index in [0.717, 1.165) is 36.6 Å². The second-order valence-electron chi connectivity index (χ2n) is 6.87. The first-order valence-electron chi connectivity index (χ1n) is 8.63. The van der Waals surface area contributed by atoms with Gasteiger partial charge in [-0.3, -0.25) is 9.58 Å². The van der Waals surface area contributed by atoms with Gasteiger partial charge in [0.05, 0.1) is 17.9 Å². The maximum atomic E-state index is 12.3. The van der Waals surface area contributed by atoms with Gasteiger partial charge in [0, 0.05) is 58.1 Å². The molecule has 0 spiro atoms. The average Bonchev–Trinajstić information content (AvgIpc) is 2.74. The topological polar surface area (TPSA) is 62.6 Å². The summed E-state index contributed by atoms with van der Waals surface area (Å²) in [5, 5.41) is 7.37. The number of amides is 2. The van der Waals surface area contributed by atoms with E-state index in [4.69, 9.17) is 4.74 Å². The van der Waals surface area contributed by atoms with Gasteiger partial charge in [-0.05, 0) is 27.7 Å². The second-order valence-corrected chi connectivity index (χ2v) is 6.87. The van der Waals surface area contributed by atoms with E-state index >= 15 is 0 Å². The number of likely N-dealkylation sites (N-methyl/N-ethyl adjacent to an activating group) is 1. The number of nitrogens with one attached hydrogen (secondary N) is 1. The number of rotatable bonds is 5. The number of aryl methyl sites for hydroxylation is 2. The molecule has 24 heavy (non-hydrogen) atoms. The highest BCUT2D eigenvalue weighted by atomic mass is 16.5. The second kappa shape index (κ2) is 7.98. The van der Waals surface area contributed by atoms with Crippen LogP contribution in [0.5, 0.6) is 0 Å². The van der Waals surface area contributed by atoms with Gasteiger partial charge >= 0.3 is 6.03 Å². The Balaban J connectivity index is 1.78. The molecule has 1 saturated heterocycles. The van der Waals surface area contributed by atoms with Crippen molar-refractivity contribution < 1.29 is 9.53 Å². The van der Waals surface area contributed by atoms with Gasteiger partial charge in [0.1, 0.15) is 0 Å². The number of hydrogen-bond acceptors (Lipinski definition) is 4. The highest BCUT2D eigenvalue weighted by molar-refractivity contribution is 5.73. The summed E-state index contributed by atoms with van der Waals surface area (Å²) in [6.45, 7) is 12.1. The van der Waals surface area contributed by atoms with Crippen LogP contribution in [0.1, 0.15) is 30.8 Å². The van der Waals surface area contributed by atoms with Gasteiger partial charge in [-0.1, -0.05) is 0 Å². The Morgan fingerprint density at radius 3 is 2.50 bits per heavy atom. The van der Waals surface area contributed by atoms with Crippen LogP contribution in [0.15, 0.2) is 0 Å². The van der Waals surface area contributed by atoms with Crippen LogP contribution in [0.4, 0.5) is 4.79 Å². The molecule has 1 N–H and O–H groups in total.